The second kappa shape index (κ2) is 4.06. The molecule has 3 rings (SSSR count). The van der Waals surface area contributed by atoms with Gasteiger partial charge in [-0.25, -0.2) is 0 Å². The highest BCUT2D eigenvalue weighted by atomic mass is 16.5. The molecular formula is C13H23NO. The summed E-state index contributed by atoms with van der Waals surface area (Å²) in [6, 6.07) is 1.81. The molecule has 3 heterocycles. The van der Waals surface area contributed by atoms with Crippen molar-refractivity contribution in [2.45, 2.75) is 76.2 Å². The molecule has 0 N–H and O–H groups in total. The maximum atomic E-state index is 5.95. The molecule has 2 nitrogen and oxygen atoms in total. The Balaban J connectivity index is 1.58. The molecule has 0 aromatic heterocycles. The fourth-order valence-corrected chi connectivity index (χ4v) is 3.78. The zero-order valence-electron chi connectivity index (χ0n) is 9.82. The summed E-state index contributed by atoms with van der Waals surface area (Å²) in [6.07, 6.45) is 10.9. The highest BCUT2D eigenvalue weighted by molar-refractivity contribution is 4.93. The van der Waals surface area contributed by atoms with Crippen LogP contribution in [0.5, 0.6) is 0 Å². The Morgan fingerprint density at radius 1 is 1.00 bits per heavy atom. The van der Waals surface area contributed by atoms with Crippen LogP contribution >= 0.6 is 0 Å². The molecule has 0 aromatic carbocycles. The van der Waals surface area contributed by atoms with Gasteiger partial charge in [0, 0.05) is 18.6 Å². The van der Waals surface area contributed by atoms with Crippen LogP contribution in [0.15, 0.2) is 0 Å². The maximum Gasteiger partial charge on any atom is 0.0706 e. The number of piperidine rings is 1. The number of hydrogen-bond donors (Lipinski definition) is 0. The number of ether oxygens (including phenoxy) is 1. The smallest absolute Gasteiger partial charge is 0.0706 e. The number of hydrogen-bond acceptors (Lipinski definition) is 2. The molecule has 4 atom stereocenters. The first-order valence-corrected chi connectivity index (χ1v) is 6.74. The van der Waals surface area contributed by atoms with Crippen LogP contribution in [0.1, 0.15) is 51.9 Å². The molecule has 2 heteroatoms. The lowest BCUT2D eigenvalue weighted by molar-refractivity contribution is 0.0110. The summed E-state index contributed by atoms with van der Waals surface area (Å²) in [5, 5.41) is 0. The van der Waals surface area contributed by atoms with Gasteiger partial charge in [0.2, 0.25) is 0 Å². The van der Waals surface area contributed by atoms with Crippen LogP contribution in [-0.2, 0) is 4.74 Å². The molecule has 0 saturated carbocycles. The van der Waals surface area contributed by atoms with Gasteiger partial charge < -0.3 is 4.74 Å². The van der Waals surface area contributed by atoms with Crippen molar-refractivity contribution >= 4 is 0 Å². The van der Waals surface area contributed by atoms with Crippen molar-refractivity contribution < 1.29 is 4.74 Å². The van der Waals surface area contributed by atoms with E-state index in [0.717, 1.165) is 12.1 Å². The molecule has 86 valence electrons. The van der Waals surface area contributed by atoms with Crippen molar-refractivity contribution in [1.82, 2.24) is 4.90 Å². The minimum absolute atomic E-state index is 0.512. The third-order valence-electron chi connectivity index (χ3n) is 4.58. The molecule has 3 fully saturated rings. The average molecular weight is 209 g/mol. The minimum atomic E-state index is 0.512. The lowest BCUT2D eigenvalue weighted by Gasteiger charge is -2.36. The Morgan fingerprint density at radius 2 is 1.73 bits per heavy atom. The van der Waals surface area contributed by atoms with E-state index < -0.39 is 0 Å². The van der Waals surface area contributed by atoms with Crippen molar-refractivity contribution in [3.8, 4) is 0 Å². The van der Waals surface area contributed by atoms with Gasteiger partial charge in [-0.3, -0.25) is 4.90 Å². The molecule has 0 radical (unpaired) electrons. The summed E-state index contributed by atoms with van der Waals surface area (Å²) in [6.45, 7) is 3.44. The zero-order chi connectivity index (χ0) is 10.3. The maximum absolute atomic E-state index is 5.95. The lowest BCUT2D eigenvalue weighted by Crippen LogP contribution is -2.43. The Labute approximate surface area is 93.0 Å². The number of rotatable bonds is 2. The van der Waals surface area contributed by atoms with E-state index in [9.17, 15) is 0 Å². The molecule has 0 spiro atoms. The van der Waals surface area contributed by atoms with E-state index in [-0.39, 0.29) is 0 Å². The first kappa shape index (κ1) is 10.1. The molecule has 0 aliphatic carbocycles. The van der Waals surface area contributed by atoms with E-state index >= 15 is 0 Å². The van der Waals surface area contributed by atoms with E-state index in [2.05, 4.69) is 11.8 Å². The third kappa shape index (κ3) is 1.94. The number of nitrogens with zero attached hydrogens (tertiary/aromatic N) is 1. The molecule has 3 saturated heterocycles. The highest BCUT2D eigenvalue weighted by Gasteiger charge is 2.38. The van der Waals surface area contributed by atoms with E-state index in [1.54, 1.807) is 0 Å². The van der Waals surface area contributed by atoms with Gasteiger partial charge in [-0.15, -0.1) is 0 Å². The summed E-state index contributed by atoms with van der Waals surface area (Å²) in [5.41, 5.74) is 0. The second-order valence-electron chi connectivity index (χ2n) is 5.66. The van der Waals surface area contributed by atoms with E-state index in [1.807, 2.05) is 0 Å². The molecule has 3 aliphatic rings. The molecule has 3 aliphatic heterocycles. The topological polar surface area (TPSA) is 12.5 Å². The fraction of sp³-hybridized carbons (Fsp3) is 1.00. The Hall–Kier alpha value is -0.0800. The summed E-state index contributed by atoms with van der Waals surface area (Å²) in [7, 11) is 0. The third-order valence-corrected chi connectivity index (χ3v) is 4.58. The van der Waals surface area contributed by atoms with Crippen LogP contribution in [0.4, 0.5) is 0 Å². The SMILES string of the molecule is CC1CCC(CN2C3CCCC2CC3)O1. The van der Waals surface area contributed by atoms with Gasteiger partial charge in [-0.05, 0) is 45.4 Å². The van der Waals surface area contributed by atoms with Crippen molar-refractivity contribution in [3.05, 3.63) is 0 Å². The molecule has 15 heavy (non-hydrogen) atoms. The molecule has 0 aromatic rings. The van der Waals surface area contributed by atoms with Gasteiger partial charge in [0.05, 0.1) is 12.2 Å². The quantitative estimate of drug-likeness (QED) is 0.693. The Kier molecular flexibility index (Phi) is 2.73. The standard InChI is InChI=1S/C13H23NO/c1-10-5-8-13(15-10)9-14-11-3-2-4-12(14)7-6-11/h10-13H,2-9H2,1H3. The van der Waals surface area contributed by atoms with E-state index in [1.165, 1.54) is 51.5 Å². The highest BCUT2D eigenvalue weighted by Crippen LogP contribution is 2.36. The van der Waals surface area contributed by atoms with E-state index in [0.29, 0.717) is 12.2 Å². The van der Waals surface area contributed by atoms with Crippen LogP contribution in [-0.4, -0.2) is 35.7 Å². The van der Waals surface area contributed by atoms with Gasteiger partial charge in [0.25, 0.3) is 0 Å². The van der Waals surface area contributed by atoms with Crippen LogP contribution in [0.25, 0.3) is 0 Å². The molecule has 4 unspecified atom stereocenters. The predicted octanol–water partition coefficient (Wildman–Crippen LogP) is 2.57. The van der Waals surface area contributed by atoms with Crippen molar-refractivity contribution in [3.63, 3.8) is 0 Å². The zero-order valence-corrected chi connectivity index (χ0v) is 9.82. The molecule has 2 bridgehead atoms. The fourth-order valence-electron chi connectivity index (χ4n) is 3.78. The Morgan fingerprint density at radius 3 is 2.33 bits per heavy atom. The molecular weight excluding hydrogens is 186 g/mol. The van der Waals surface area contributed by atoms with Crippen molar-refractivity contribution in [2.24, 2.45) is 0 Å². The van der Waals surface area contributed by atoms with Gasteiger partial charge in [-0.1, -0.05) is 6.42 Å². The summed E-state index contributed by atoms with van der Waals surface area (Å²) in [4.78, 5) is 2.77. The van der Waals surface area contributed by atoms with Crippen molar-refractivity contribution in [1.29, 1.82) is 0 Å². The van der Waals surface area contributed by atoms with Crippen LogP contribution < -0.4 is 0 Å². The number of fused-ring (bicyclic) bond motifs is 2. The normalized spacial score (nSPS) is 46.2. The predicted molar refractivity (Wildman–Crippen MR) is 60.9 cm³/mol. The van der Waals surface area contributed by atoms with Crippen LogP contribution in [0.3, 0.4) is 0 Å². The van der Waals surface area contributed by atoms with Gasteiger partial charge >= 0.3 is 0 Å². The summed E-state index contributed by atoms with van der Waals surface area (Å²) < 4.78 is 5.95. The summed E-state index contributed by atoms with van der Waals surface area (Å²) >= 11 is 0. The van der Waals surface area contributed by atoms with Crippen molar-refractivity contribution in [2.75, 3.05) is 6.54 Å². The average Bonchev–Trinajstić information content (AvgIpc) is 2.71. The van der Waals surface area contributed by atoms with E-state index in [4.69, 9.17) is 4.74 Å². The second-order valence-corrected chi connectivity index (χ2v) is 5.66. The summed E-state index contributed by atoms with van der Waals surface area (Å²) in [5.74, 6) is 0. The van der Waals surface area contributed by atoms with Gasteiger partial charge in [0.15, 0.2) is 0 Å². The van der Waals surface area contributed by atoms with Gasteiger partial charge in [0.1, 0.15) is 0 Å². The van der Waals surface area contributed by atoms with Crippen LogP contribution in [0, 0.1) is 0 Å². The monoisotopic (exact) mass is 209 g/mol. The largest absolute Gasteiger partial charge is 0.374 e. The minimum Gasteiger partial charge on any atom is -0.374 e. The lowest BCUT2D eigenvalue weighted by atomic mass is 10.0. The van der Waals surface area contributed by atoms with Crippen LogP contribution in [0.2, 0.25) is 0 Å². The Bertz CT molecular complexity index is 215. The van der Waals surface area contributed by atoms with Gasteiger partial charge in [-0.2, -0.15) is 0 Å². The molecule has 0 amide bonds. The first-order chi connectivity index (χ1) is 7.33. The first-order valence-electron chi connectivity index (χ1n) is 6.74.